The van der Waals surface area contributed by atoms with Crippen molar-refractivity contribution in [1.29, 1.82) is 0 Å². The molecule has 1 N–H and O–H groups in total. The van der Waals surface area contributed by atoms with Crippen molar-refractivity contribution < 1.29 is 4.79 Å². The highest BCUT2D eigenvalue weighted by molar-refractivity contribution is 5.79. The van der Waals surface area contributed by atoms with Crippen molar-refractivity contribution in [2.75, 3.05) is 13.1 Å². The van der Waals surface area contributed by atoms with Gasteiger partial charge in [-0.15, -0.1) is 0 Å². The van der Waals surface area contributed by atoms with E-state index in [1.165, 1.54) is 0 Å². The van der Waals surface area contributed by atoms with Crippen LogP contribution >= 0.6 is 0 Å². The third-order valence-corrected chi connectivity index (χ3v) is 2.46. The summed E-state index contributed by atoms with van der Waals surface area (Å²) >= 11 is 0. The molecular formula is C9H14N2O. The standard InChI is InChI=1S/C9H14N2O/c12-8-3-4-10-9(7-8)11-5-1-2-6-11/h1,5,9-10H,2-4,6-7H2. The first-order chi connectivity index (χ1) is 5.86. The number of nitrogens with zero attached hydrogens (tertiary/aromatic N) is 1. The van der Waals surface area contributed by atoms with Crippen molar-refractivity contribution in [1.82, 2.24) is 10.2 Å². The minimum Gasteiger partial charge on any atom is -0.362 e. The van der Waals surface area contributed by atoms with Crippen LogP contribution in [-0.4, -0.2) is 29.9 Å². The van der Waals surface area contributed by atoms with Crippen LogP contribution in [0.4, 0.5) is 0 Å². The van der Waals surface area contributed by atoms with Gasteiger partial charge in [-0.25, -0.2) is 0 Å². The number of rotatable bonds is 1. The minimum absolute atomic E-state index is 0.269. The highest BCUT2D eigenvalue weighted by Gasteiger charge is 2.23. The second kappa shape index (κ2) is 3.27. The Morgan fingerprint density at radius 3 is 3.17 bits per heavy atom. The van der Waals surface area contributed by atoms with Crippen LogP contribution in [0.3, 0.4) is 0 Å². The molecule has 2 aliphatic rings. The van der Waals surface area contributed by atoms with Crippen LogP contribution in [0.2, 0.25) is 0 Å². The maximum Gasteiger partial charge on any atom is 0.137 e. The molecule has 2 rings (SSSR count). The van der Waals surface area contributed by atoms with Crippen LogP contribution in [0.25, 0.3) is 0 Å². The first-order valence-electron chi connectivity index (χ1n) is 4.54. The summed E-state index contributed by atoms with van der Waals surface area (Å²) in [6, 6.07) is 0. The largest absolute Gasteiger partial charge is 0.362 e. The Hall–Kier alpha value is -0.830. The molecule has 1 atom stereocenters. The third-order valence-electron chi connectivity index (χ3n) is 2.46. The second-order valence-corrected chi connectivity index (χ2v) is 3.37. The molecule has 0 amide bonds. The molecule has 12 heavy (non-hydrogen) atoms. The van der Waals surface area contributed by atoms with Gasteiger partial charge in [0.1, 0.15) is 5.78 Å². The summed E-state index contributed by atoms with van der Waals surface area (Å²) in [6.07, 6.45) is 7.01. The summed E-state index contributed by atoms with van der Waals surface area (Å²) < 4.78 is 0. The van der Waals surface area contributed by atoms with Gasteiger partial charge in [0.15, 0.2) is 0 Å². The van der Waals surface area contributed by atoms with Crippen molar-refractivity contribution in [3.05, 3.63) is 12.3 Å². The van der Waals surface area contributed by atoms with E-state index < -0.39 is 0 Å². The molecule has 3 nitrogen and oxygen atoms in total. The van der Waals surface area contributed by atoms with Gasteiger partial charge < -0.3 is 4.90 Å². The van der Waals surface area contributed by atoms with Crippen molar-refractivity contribution in [2.24, 2.45) is 0 Å². The summed E-state index contributed by atoms with van der Waals surface area (Å²) in [4.78, 5) is 13.4. The molecule has 1 saturated heterocycles. The zero-order chi connectivity index (χ0) is 8.39. The SMILES string of the molecule is O=C1CCNC(N2C=CCC2)C1. The molecule has 1 fully saturated rings. The summed E-state index contributed by atoms with van der Waals surface area (Å²) in [7, 11) is 0. The van der Waals surface area contributed by atoms with Crippen molar-refractivity contribution in [2.45, 2.75) is 25.4 Å². The quantitative estimate of drug-likeness (QED) is 0.615. The van der Waals surface area contributed by atoms with Crippen LogP contribution in [0.1, 0.15) is 19.3 Å². The van der Waals surface area contributed by atoms with Gasteiger partial charge in [0.05, 0.1) is 6.17 Å². The molecule has 0 aromatic heterocycles. The Bertz CT molecular complexity index is 213. The lowest BCUT2D eigenvalue weighted by molar-refractivity contribution is -0.121. The van der Waals surface area contributed by atoms with Gasteiger partial charge in [0, 0.05) is 25.9 Å². The molecule has 2 aliphatic heterocycles. The van der Waals surface area contributed by atoms with E-state index in [1.807, 2.05) is 0 Å². The zero-order valence-corrected chi connectivity index (χ0v) is 7.12. The van der Waals surface area contributed by atoms with Crippen LogP contribution in [0.15, 0.2) is 12.3 Å². The number of ketones is 1. The van der Waals surface area contributed by atoms with E-state index in [0.29, 0.717) is 18.6 Å². The Morgan fingerprint density at radius 2 is 2.50 bits per heavy atom. The number of carbonyl (C=O) groups is 1. The van der Waals surface area contributed by atoms with Gasteiger partial charge in [-0.2, -0.15) is 0 Å². The number of piperidine rings is 1. The first-order valence-corrected chi connectivity index (χ1v) is 4.54. The minimum atomic E-state index is 0.269. The van der Waals surface area contributed by atoms with Gasteiger partial charge >= 0.3 is 0 Å². The molecule has 0 radical (unpaired) electrons. The molecule has 0 aromatic rings. The van der Waals surface area contributed by atoms with Crippen molar-refractivity contribution in [3.63, 3.8) is 0 Å². The van der Waals surface area contributed by atoms with Crippen LogP contribution in [-0.2, 0) is 4.79 Å². The molecule has 0 bridgehead atoms. The number of carbonyl (C=O) groups excluding carboxylic acids is 1. The summed E-state index contributed by atoms with van der Waals surface area (Å²) in [5.41, 5.74) is 0. The van der Waals surface area contributed by atoms with E-state index in [0.717, 1.165) is 19.5 Å². The van der Waals surface area contributed by atoms with Crippen molar-refractivity contribution in [3.8, 4) is 0 Å². The predicted octanol–water partition coefficient (Wildman–Crippen LogP) is 0.484. The average molecular weight is 166 g/mol. The maximum absolute atomic E-state index is 11.1. The van der Waals surface area contributed by atoms with E-state index >= 15 is 0 Å². The Labute approximate surface area is 72.4 Å². The molecule has 66 valence electrons. The highest BCUT2D eigenvalue weighted by atomic mass is 16.1. The van der Waals surface area contributed by atoms with E-state index in [-0.39, 0.29) is 6.17 Å². The average Bonchev–Trinajstić information content (AvgIpc) is 2.56. The van der Waals surface area contributed by atoms with Crippen LogP contribution in [0.5, 0.6) is 0 Å². The molecule has 3 heteroatoms. The van der Waals surface area contributed by atoms with Gasteiger partial charge in [0.2, 0.25) is 0 Å². The summed E-state index contributed by atoms with van der Waals surface area (Å²) in [6.45, 7) is 1.90. The highest BCUT2D eigenvalue weighted by Crippen LogP contribution is 2.13. The maximum atomic E-state index is 11.1. The summed E-state index contributed by atoms with van der Waals surface area (Å²) in [5, 5.41) is 3.35. The van der Waals surface area contributed by atoms with Gasteiger partial charge in [-0.1, -0.05) is 6.08 Å². The van der Waals surface area contributed by atoms with Gasteiger partial charge in [-0.3, -0.25) is 10.1 Å². The van der Waals surface area contributed by atoms with Gasteiger partial charge in [0.25, 0.3) is 0 Å². The van der Waals surface area contributed by atoms with Crippen LogP contribution < -0.4 is 5.32 Å². The molecule has 0 aromatic carbocycles. The van der Waals surface area contributed by atoms with E-state index in [4.69, 9.17) is 0 Å². The second-order valence-electron chi connectivity index (χ2n) is 3.37. The lowest BCUT2D eigenvalue weighted by Gasteiger charge is -2.31. The molecular weight excluding hydrogens is 152 g/mol. The lowest BCUT2D eigenvalue weighted by Crippen LogP contribution is -2.47. The number of Topliss-reactive ketones (excluding diaryl/α,β-unsaturated/α-hetero) is 1. The predicted molar refractivity (Wildman–Crippen MR) is 46.5 cm³/mol. The third kappa shape index (κ3) is 1.50. The van der Waals surface area contributed by atoms with E-state index in [2.05, 4.69) is 22.5 Å². The first kappa shape index (κ1) is 7.80. The molecule has 2 heterocycles. The monoisotopic (exact) mass is 166 g/mol. The van der Waals surface area contributed by atoms with E-state index in [1.54, 1.807) is 0 Å². The topological polar surface area (TPSA) is 32.3 Å². The van der Waals surface area contributed by atoms with Crippen LogP contribution in [0, 0.1) is 0 Å². The normalized spacial score (nSPS) is 29.8. The Morgan fingerprint density at radius 1 is 1.58 bits per heavy atom. The fraction of sp³-hybridized carbons (Fsp3) is 0.667. The summed E-state index contributed by atoms with van der Waals surface area (Å²) in [5.74, 6) is 0.388. The number of hydrogen-bond donors (Lipinski definition) is 1. The molecule has 0 saturated carbocycles. The van der Waals surface area contributed by atoms with E-state index in [9.17, 15) is 4.79 Å². The fourth-order valence-electron chi connectivity index (χ4n) is 1.77. The lowest BCUT2D eigenvalue weighted by atomic mass is 10.1. The van der Waals surface area contributed by atoms with Gasteiger partial charge in [-0.05, 0) is 12.6 Å². The number of hydrogen-bond acceptors (Lipinski definition) is 3. The zero-order valence-electron chi connectivity index (χ0n) is 7.12. The Balaban J connectivity index is 1.94. The van der Waals surface area contributed by atoms with Crippen molar-refractivity contribution >= 4 is 5.78 Å². The smallest absolute Gasteiger partial charge is 0.137 e. The Kier molecular flexibility index (Phi) is 2.13. The molecule has 0 spiro atoms. The molecule has 1 unspecified atom stereocenters. The molecule has 0 aliphatic carbocycles. The fourth-order valence-corrected chi connectivity index (χ4v) is 1.77. The number of nitrogens with one attached hydrogen (secondary N) is 1.